The molecule has 2 aromatic carbocycles. The zero-order valence-electron chi connectivity index (χ0n) is 15.5. The molecule has 27 heavy (non-hydrogen) atoms. The van der Waals surface area contributed by atoms with E-state index in [4.69, 9.17) is 4.74 Å². The lowest BCUT2D eigenvalue weighted by Crippen LogP contribution is -2.13. The zero-order chi connectivity index (χ0) is 19.1. The van der Waals surface area contributed by atoms with Gasteiger partial charge in [-0.25, -0.2) is 4.98 Å². The van der Waals surface area contributed by atoms with Crippen LogP contribution >= 0.6 is 0 Å². The standard InChI is InChI=1S/C22H23N3O2/c1-3-16-9-5-6-10-18(16)25-22(26)17-13-14-23-21(15-17)24-19-11-7-8-12-20(19)27-4-2/h5-15H,3-4H2,1-2H3,(H,23,24)(H,25,26). The number of rotatable bonds is 7. The molecule has 5 nitrogen and oxygen atoms in total. The number of aryl methyl sites for hydroxylation is 1. The smallest absolute Gasteiger partial charge is 0.255 e. The Morgan fingerprint density at radius 3 is 2.52 bits per heavy atom. The topological polar surface area (TPSA) is 63.2 Å². The molecule has 0 fully saturated rings. The van der Waals surface area contributed by atoms with Crippen molar-refractivity contribution in [2.45, 2.75) is 20.3 Å². The molecule has 0 unspecified atom stereocenters. The number of carbonyl (C=O) groups is 1. The molecule has 1 amide bonds. The molecule has 0 saturated heterocycles. The number of amides is 1. The average Bonchev–Trinajstić information content (AvgIpc) is 2.70. The maximum atomic E-state index is 12.7. The second-order valence-electron chi connectivity index (χ2n) is 5.95. The van der Waals surface area contributed by atoms with Gasteiger partial charge in [0.1, 0.15) is 11.6 Å². The van der Waals surface area contributed by atoms with Crippen LogP contribution in [0, 0.1) is 0 Å². The quantitative estimate of drug-likeness (QED) is 0.619. The van der Waals surface area contributed by atoms with Gasteiger partial charge in [0.05, 0.1) is 12.3 Å². The maximum Gasteiger partial charge on any atom is 0.255 e. The van der Waals surface area contributed by atoms with Crippen molar-refractivity contribution in [2.75, 3.05) is 17.2 Å². The molecule has 0 aliphatic carbocycles. The minimum atomic E-state index is -0.167. The first-order chi connectivity index (χ1) is 13.2. The summed E-state index contributed by atoms with van der Waals surface area (Å²) in [5, 5.41) is 6.20. The monoisotopic (exact) mass is 361 g/mol. The highest BCUT2D eigenvalue weighted by molar-refractivity contribution is 6.05. The third-order valence-corrected chi connectivity index (χ3v) is 4.12. The number of benzene rings is 2. The SMILES string of the molecule is CCOc1ccccc1Nc1cc(C(=O)Nc2ccccc2CC)ccn1. The first-order valence-corrected chi connectivity index (χ1v) is 9.05. The van der Waals surface area contributed by atoms with Crippen LogP contribution in [0.3, 0.4) is 0 Å². The fourth-order valence-electron chi connectivity index (χ4n) is 2.77. The van der Waals surface area contributed by atoms with Gasteiger partial charge in [-0.1, -0.05) is 37.3 Å². The molecule has 3 aromatic rings. The lowest BCUT2D eigenvalue weighted by molar-refractivity contribution is 0.102. The summed E-state index contributed by atoms with van der Waals surface area (Å²) in [6.45, 7) is 4.58. The van der Waals surface area contributed by atoms with E-state index in [-0.39, 0.29) is 5.91 Å². The summed E-state index contributed by atoms with van der Waals surface area (Å²) in [5.41, 5.74) is 3.27. The van der Waals surface area contributed by atoms with Crippen molar-refractivity contribution in [3.8, 4) is 5.75 Å². The summed E-state index contributed by atoms with van der Waals surface area (Å²) in [6.07, 6.45) is 2.47. The van der Waals surface area contributed by atoms with E-state index in [0.29, 0.717) is 18.0 Å². The first-order valence-electron chi connectivity index (χ1n) is 9.05. The predicted octanol–water partition coefficient (Wildman–Crippen LogP) is 5.04. The van der Waals surface area contributed by atoms with Gasteiger partial charge >= 0.3 is 0 Å². The highest BCUT2D eigenvalue weighted by atomic mass is 16.5. The fraction of sp³-hybridized carbons (Fsp3) is 0.182. The molecule has 1 heterocycles. The largest absolute Gasteiger partial charge is 0.492 e. The number of hydrogen-bond acceptors (Lipinski definition) is 4. The Morgan fingerprint density at radius 1 is 1.00 bits per heavy atom. The number of pyridine rings is 1. The van der Waals surface area contributed by atoms with Crippen LogP contribution < -0.4 is 15.4 Å². The molecular weight excluding hydrogens is 338 g/mol. The van der Waals surface area contributed by atoms with Gasteiger partial charge in [-0.2, -0.15) is 0 Å². The Morgan fingerprint density at radius 2 is 1.74 bits per heavy atom. The maximum absolute atomic E-state index is 12.7. The fourth-order valence-corrected chi connectivity index (χ4v) is 2.77. The summed E-state index contributed by atoms with van der Waals surface area (Å²) in [5.74, 6) is 1.16. The van der Waals surface area contributed by atoms with Crippen molar-refractivity contribution in [1.29, 1.82) is 0 Å². The predicted molar refractivity (Wildman–Crippen MR) is 109 cm³/mol. The van der Waals surface area contributed by atoms with Crippen LogP contribution in [0.25, 0.3) is 0 Å². The van der Waals surface area contributed by atoms with E-state index >= 15 is 0 Å². The van der Waals surface area contributed by atoms with Crippen LogP contribution in [-0.2, 0) is 6.42 Å². The summed E-state index contributed by atoms with van der Waals surface area (Å²) in [6, 6.07) is 18.9. The molecule has 3 rings (SSSR count). The minimum Gasteiger partial charge on any atom is -0.492 e. The van der Waals surface area contributed by atoms with E-state index in [1.54, 1.807) is 18.3 Å². The number of nitrogens with zero attached hydrogens (tertiary/aromatic N) is 1. The van der Waals surface area contributed by atoms with Crippen LogP contribution in [0.1, 0.15) is 29.8 Å². The summed E-state index contributed by atoms with van der Waals surface area (Å²) >= 11 is 0. The van der Waals surface area contributed by atoms with Gasteiger partial charge in [0.15, 0.2) is 0 Å². The van der Waals surface area contributed by atoms with Crippen molar-refractivity contribution in [1.82, 2.24) is 4.98 Å². The second kappa shape index (κ2) is 8.85. The average molecular weight is 361 g/mol. The third kappa shape index (κ3) is 4.64. The number of carbonyl (C=O) groups excluding carboxylic acids is 1. The first kappa shape index (κ1) is 18.5. The van der Waals surface area contributed by atoms with Crippen molar-refractivity contribution < 1.29 is 9.53 Å². The Balaban J connectivity index is 1.78. The van der Waals surface area contributed by atoms with Crippen molar-refractivity contribution in [2.24, 2.45) is 0 Å². The van der Waals surface area contributed by atoms with Gasteiger partial charge in [-0.05, 0) is 49.2 Å². The van der Waals surface area contributed by atoms with E-state index < -0.39 is 0 Å². The number of para-hydroxylation sites is 3. The van der Waals surface area contributed by atoms with E-state index in [0.717, 1.165) is 29.1 Å². The number of aromatic nitrogens is 1. The normalized spacial score (nSPS) is 10.3. The van der Waals surface area contributed by atoms with Gasteiger partial charge in [0.2, 0.25) is 0 Å². The molecule has 1 aromatic heterocycles. The van der Waals surface area contributed by atoms with E-state index in [1.807, 2.05) is 55.5 Å². The number of ether oxygens (including phenoxy) is 1. The van der Waals surface area contributed by atoms with E-state index in [9.17, 15) is 4.79 Å². The van der Waals surface area contributed by atoms with Crippen LogP contribution in [0.4, 0.5) is 17.2 Å². The number of hydrogen-bond donors (Lipinski definition) is 2. The summed E-state index contributed by atoms with van der Waals surface area (Å²) in [4.78, 5) is 17.0. The highest BCUT2D eigenvalue weighted by Gasteiger charge is 2.10. The number of anilines is 3. The molecule has 0 saturated carbocycles. The molecule has 0 aliphatic heterocycles. The zero-order valence-corrected chi connectivity index (χ0v) is 15.5. The van der Waals surface area contributed by atoms with Gasteiger partial charge < -0.3 is 15.4 Å². The molecule has 0 radical (unpaired) electrons. The van der Waals surface area contributed by atoms with Gasteiger partial charge in [0, 0.05) is 17.4 Å². The van der Waals surface area contributed by atoms with Crippen LogP contribution in [0.5, 0.6) is 5.75 Å². The highest BCUT2D eigenvalue weighted by Crippen LogP contribution is 2.27. The van der Waals surface area contributed by atoms with Crippen LogP contribution in [-0.4, -0.2) is 17.5 Å². The molecule has 5 heteroatoms. The van der Waals surface area contributed by atoms with E-state index in [2.05, 4.69) is 22.5 Å². The van der Waals surface area contributed by atoms with Crippen LogP contribution in [0.15, 0.2) is 66.9 Å². The van der Waals surface area contributed by atoms with Gasteiger partial charge in [-0.3, -0.25) is 4.79 Å². The lowest BCUT2D eigenvalue weighted by Gasteiger charge is -2.13. The lowest BCUT2D eigenvalue weighted by atomic mass is 10.1. The Bertz CT molecular complexity index is 925. The molecule has 0 spiro atoms. The number of nitrogens with one attached hydrogen (secondary N) is 2. The van der Waals surface area contributed by atoms with Crippen molar-refractivity contribution in [3.05, 3.63) is 78.0 Å². The van der Waals surface area contributed by atoms with Gasteiger partial charge in [0.25, 0.3) is 5.91 Å². The summed E-state index contributed by atoms with van der Waals surface area (Å²) < 4.78 is 5.62. The van der Waals surface area contributed by atoms with Crippen molar-refractivity contribution >= 4 is 23.1 Å². The molecule has 0 atom stereocenters. The van der Waals surface area contributed by atoms with Crippen molar-refractivity contribution in [3.63, 3.8) is 0 Å². The molecule has 2 N–H and O–H groups in total. The van der Waals surface area contributed by atoms with Crippen LogP contribution in [0.2, 0.25) is 0 Å². The molecule has 138 valence electrons. The molecular formula is C22H23N3O2. The molecule has 0 bridgehead atoms. The second-order valence-corrected chi connectivity index (χ2v) is 5.95. The Labute approximate surface area is 159 Å². The van der Waals surface area contributed by atoms with Gasteiger partial charge in [-0.15, -0.1) is 0 Å². The molecule has 0 aliphatic rings. The van der Waals surface area contributed by atoms with E-state index in [1.165, 1.54) is 0 Å². The Hall–Kier alpha value is -3.34. The minimum absolute atomic E-state index is 0.167. The Kier molecular flexibility index (Phi) is 6.05. The third-order valence-electron chi connectivity index (χ3n) is 4.12. The summed E-state index contributed by atoms with van der Waals surface area (Å²) in [7, 11) is 0.